The van der Waals surface area contributed by atoms with E-state index in [0.717, 1.165) is 18.2 Å². The zero-order chi connectivity index (χ0) is 22.4. The molecule has 4 rings (SSSR count). The molecule has 2 N–H and O–H groups in total. The average molecular weight is 451 g/mol. The SMILES string of the molecule is CN1Cc2[nH]c(=O)c3cc(F)c(F)cc3c2[C@@H](N(C)C(=O)Nc2ccc(F)c(Cl)c2)C1. The molecule has 162 valence electrons. The highest BCUT2D eigenvalue weighted by Gasteiger charge is 2.32. The van der Waals surface area contributed by atoms with Crippen LogP contribution in [0.5, 0.6) is 0 Å². The summed E-state index contributed by atoms with van der Waals surface area (Å²) >= 11 is 5.77. The van der Waals surface area contributed by atoms with Crippen LogP contribution in [0.1, 0.15) is 17.3 Å². The van der Waals surface area contributed by atoms with Crippen molar-refractivity contribution in [3.8, 4) is 0 Å². The Morgan fingerprint density at radius 2 is 1.84 bits per heavy atom. The Morgan fingerprint density at radius 1 is 1.16 bits per heavy atom. The third-order valence-corrected chi connectivity index (χ3v) is 5.68. The number of H-pyrrole nitrogens is 1. The van der Waals surface area contributed by atoms with Crippen molar-refractivity contribution in [2.24, 2.45) is 0 Å². The van der Waals surface area contributed by atoms with Crippen LogP contribution in [0.4, 0.5) is 23.7 Å². The fraction of sp³-hybridized carbons (Fsp3) is 0.238. The van der Waals surface area contributed by atoms with Crippen molar-refractivity contribution < 1.29 is 18.0 Å². The maximum absolute atomic E-state index is 14.0. The summed E-state index contributed by atoms with van der Waals surface area (Å²) in [7, 11) is 3.36. The first kappa shape index (κ1) is 21.2. The van der Waals surface area contributed by atoms with Crippen LogP contribution in [-0.4, -0.2) is 41.5 Å². The zero-order valence-electron chi connectivity index (χ0n) is 16.6. The zero-order valence-corrected chi connectivity index (χ0v) is 17.4. The molecule has 0 bridgehead atoms. The van der Waals surface area contributed by atoms with Gasteiger partial charge in [-0.1, -0.05) is 11.6 Å². The lowest BCUT2D eigenvalue weighted by Crippen LogP contribution is -2.44. The minimum absolute atomic E-state index is 0.00586. The van der Waals surface area contributed by atoms with E-state index in [2.05, 4.69) is 10.3 Å². The van der Waals surface area contributed by atoms with E-state index in [1.165, 1.54) is 17.0 Å². The van der Waals surface area contributed by atoms with Crippen molar-refractivity contribution in [1.82, 2.24) is 14.8 Å². The van der Waals surface area contributed by atoms with Gasteiger partial charge in [-0.25, -0.2) is 18.0 Å². The number of carbonyl (C=O) groups is 1. The highest BCUT2D eigenvalue weighted by atomic mass is 35.5. The van der Waals surface area contributed by atoms with Crippen molar-refractivity contribution in [2.75, 3.05) is 26.0 Å². The molecule has 0 saturated carbocycles. The summed E-state index contributed by atoms with van der Waals surface area (Å²) in [6, 6.07) is 4.55. The Labute approximate surface area is 180 Å². The van der Waals surface area contributed by atoms with E-state index in [4.69, 9.17) is 11.6 Å². The molecule has 3 aromatic rings. The summed E-state index contributed by atoms with van der Waals surface area (Å²) in [5.74, 6) is -2.81. The fourth-order valence-corrected chi connectivity index (χ4v) is 4.04. The second-order valence-electron chi connectivity index (χ2n) is 7.54. The number of rotatable bonds is 2. The first-order valence-corrected chi connectivity index (χ1v) is 9.74. The summed E-state index contributed by atoms with van der Waals surface area (Å²) in [6.07, 6.45) is 0. The van der Waals surface area contributed by atoms with Gasteiger partial charge in [-0.3, -0.25) is 9.69 Å². The van der Waals surface area contributed by atoms with Crippen LogP contribution in [-0.2, 0) is 6.54 Å². The van der Waals surface area contributed by atoms with Gasteiger partial charge in [0, 0.05) is 37.1 Å². The molecule has 0 saturated heterocycles. The van der Waals surface area contributed by atoms with Crippen LogP contribution in [0.15, 0.2) is 35.1 Å². The molecule has 0 aliphatic carbocycles. The predicted octanol–water partition coefficient (Wildman–Crippen LogP) is 4.25. The monoisotopic (exact) mass is 450 g/mol. The largest absolute Gasteiger partial charge is 0.324 e. The van der Waals surface area contributed by atoms with E-state index in [9.17, 15) is 22.8 Å². The maximum atomic E-state index is 14.0. The van der Waals surface area contributed by atoms with E-state index in [1.54, 1.807) is 7.05 Å². The molecule has 0 fully saturated rings. The molecule has 31 heavy (non-hydrogen) atoms. The topological polar surface area (TPSA) is 68.4 Å². The van der Waals surface area contributed by atoms with E-state index >= 15 is 0 Å². The quantitative estimate of drug-likeness (QED) is 0.613. The normalized spacial score (nSPS) is 16.3. The number of carbonyl (C=O) groups excluding carboxylic acids is 1. The van der Waals surface area contributed by atoms with Gasteiger partial charge in [0.05, 0.1) is 16.5 Å². The summed E-state index contributed by atoms with van der Waals surface area (Å²) < 4.78 is 41.2. The number of hydrogen-bond donors (Lipinski definition) is 2. The molecule has 1 aromatic heterocycles. The number of pyridine rings is 1. The Morgan fingerprint density at radius 3 is 2.52 bits per heavy atom. The molecule has 0 spiro atoms. The third-order valence-electron chi connectivity index (χ3n) is 5.39. The van der Waals surface area contributed by atoms with Crippen LogP contribution < -0.4 is 10.9 Å². The molecule has 2 amide bonds. The van der Waals surface area contributed by atoms with Gasteiger partial charge in [-0.15, -0.1) is 0 Å². The molecule has 0 unspecified atom stereocenters. The number of anilines is 1. The summed E-state index contributed by atoms with van der Waals surface area (Å²) in [6.45, 7) is 0.764. The third kappa shape index (κ3) is 3.86. The van der Waals surface area contributed by atoms with Gasteiger partial charge in [0.15, 0.2) is 11.6 Å². The smallest absolute Gasteiger partial charge is 0.322 e. The molecular formula is C21H18ClF3N4O2. The van der Waals surface area contributed by atoms with Crippen molar-refractivity contribution in [3.63, 3.8) is 0 Å². The first-order chi connectivity index (χ1) is 14.7. The summed E-state index contributed by atoms with van der Waals surface area (Å²) in [5, 5.41) is 2.77. The van der Waals surface area contributed by atoms with Crippen LogP contribution >= 0.6 is 11.6 Å². The van der Waals surface area contributed by atoms with Crippen LogP contribution in [0, 0.1) is 17.5 Å². The van der Waals surface area contributed by atoms with Crippen LogP contribution in [0.3, 0.4) is 0 Å². The Hall–Kier alpha value is -3.04. The standard InChI is InChI=1S/C21H18ClF3N4O2/c1-28-8-17-19(11-6-15(24)16(25)7-12(11)20(30)27-17)18(9-28)29(2)21(31)26-10-3-4-14(23)13(22)5-10/h3-7,18H,8-9H2,1-2H3,(H,26,31)(H,27,30)/t18-/m0/s1. The Balaban J connectivity index is 1.76. The predicted molar refractivity (Wildman–Crippen MR) is 112 cm³/mol. The van der Waals surface area contributed by atoms with Crippen molar-refractivity contribution >= 4 is 34.1 Å². The minimum atomic E-state index is -1.12. The van der Waals surface area contributed by atoms with E-state index in [0.29, 0.717) is 30.0 Å². The number of fused-ring (bicyclic) bond motifs is 3. The second-order valence-corrected chi connectivity index (χ2v) is 7.95. The van der Waals surface area contributed by atoms with Gasteiger partial charge < -0.3 is 15.2 Å². The lowest BCUT2D eigenvalue weighted by atomic mass is 9.93. The van der Waals surface area contributed by atoms with Crippen LogP contribution in [0.25, 0.3) is 10.8 Å². The molecular weight excluding hydrogens is 433 g/mol. The lowest BCUT2D eigenvalue weighted by molar-refractivity contribution is 0.167. The van der Waals surface area contributed by atoms with Gasteiger partial charge in [-0.05, 0) is 42.8 Å². The molecule has 10 heteroatoms. The van der Waals surface area contributed by atoms with Gasteiger partial charge >= 0.3 is 6.03 Å². The summed E-state index contributed by atoms with van der Waals surface area (Å²) in [5.41, 5.74) is 0.829. The number of halogens is 4. The van der Waals surface area contributed by atoms with E-state index in [1.807, 2.05) is 11.9 Å². The van der Waals surface area contributed by atoms with Crippen molar-refractivity contribution in [1.29, 1.82) is 0 Å². The highest BCUT2D eigenvalue weighted by Crippen LogP contribution is 2.34. The number of aromatic amines is 1. The van der Waals surface area contributed by atoms with Crippen LogP contribution in [0.2, 0.25) is 5.02 Å². The average Bonchev–Trinajstić information content (AvgIpc) is 2.71. The number of urea groups is 1. The van der Waals surface area contributed by atoms with Gasteiger partial charge in [0.25, 0.3) is 5.56 Å². The van der Waals surface area contributed by atoms with Crippen molar-refractivity contribution in [3.05, 3.63) is 74.4 Å². The maximum Gasteiger partial charge on any atom is 0.322 e. The fourth-order valence-electron chi connectivity index (χ4n) is 3.86. The lowest BCUT2D eigenvalue weighted by Gasteiger charge is -2.38. The molecule has 1 aliphatic rings. The number of nitrogens with zero attached hydrogens (tertiary/aromatic N) is 2. The molecule has 2 heterocycles. The van der Waals surface area contributed by atoms with E-state index < -0.39 is 35.1 Å². The number of amides is 2. The number of aromatic nitrogens is 1. The van der Waals surface area contributed by atoms with E-state index in [-0.39, 0.29) is 15.8 Å². The van der Waals surface area contributed by atoms with Gasteiger partial charge in [0.1, 0.15) is 5.82 Å². The second kappa shape index (κ2) is 7.90. The van der Waals surface area contributed by atoms with Gasteiger partial charge in [-0.2, -0.15) is 0 Å². The number of benzene rings is 2. The molecule has 6 nitrogen and oxygen atoms in total. The Kier molecular flexibility index (Phi) is 5.40. The first-order valence-electron chi connectivity index (χ1n) is 9.37. The number of nitrogens with one attached hydrogen (secondary N) is 2. The minimum Gasteiger partial charge on any atom is -0.324 e. The molecule has 1 atom stereocenters. The molecule has 1 aliphatic heterocycles. The van der Waals surface area contributed by atoms with Crippen molar-refractivity contribution in [2.45, 2.75) is 12.6 Å². The summed E-state index contributed by atoms with van der Waals surface area (Å²) in [4.78, 5) is 31.4. The Bertz CT molecular complexity index is 1260. The van der Waals surface area contributed by atoms with Gasteiger partial charge in [0.2, 0.25) is 0 Å². The highest BCUT2D eigenvalue weighted by molar-refractivity contribution is 6.31. The number of likely N-dealkylation sites (N-methyl/N-ethyl adjacent to an activating group) is 2. The number of hydrogen-bond acceptors (Lipinski definition) is 3. The molecule has 0 radical (unpaired) electrons. The molecule has 2 aromatic carbocycles.